The van der Waals surface area contributed by atoms with E-state index in [1.165, 1.54) is 10.8 Å². The first kappa shape index (κ1) is 13.3. The quantitative estimate of drug-likeness (QED) is 0.174. The number of hydrogen-bond acceptors (Lipinski definition) is 7. The highest BCUT2D eigenvalue weighted by Gasteiger charge is 2.07. The van der Waals surface area contributed by atoms with E-state index < -0.39 is 11.0 Å². The van der Waals surface area contributed by atoms with Gasteiger partial charge in [-0.05, 0) is 0 Å². The summed E-state index contributed by atoms with van der Waals surface area (Å²) in [4.78, 5) is 27.3. The highest BCUT2D eigenvalue weighted by Crippen LogP contribution is 1.79. The largest absolute Gasteiger partial charge is 0.379 e. The number of rotatable bonds is 2. The van der Waals surface area contributed by atoms with E-state index in [1.54, 1.807) is 0 Å². The molecule has 0 atom stereocenters. The molecule has 0 rings (SSSR count). The van der Waals surface area contributed by atoms with Gasteiger partial charge in [0.1, 0.15) is 0 Å². The van der Waals surface area contributed by atoms with Gasteiger partial charge in [0.2, 0.25) is 0 Å². The smallest absolute Gasteiger partial charge is 0.276 e. The minimum atomic E-state index is -0.954. The SMILES string of the molecule is CN(N=O)C(=N)N[N+](=O)[O-].O=NO. The van der Waals surface area contributed by atoms with Gasteiger partial charge < -0.3 is 5.21 Å². The molecule has 0 aliphatic carbocycles. The summed E-state index contributed by atoms with van der Waals surface area (Å²) in [5, 5.41) is 26.0. The zero-order chi connectivity index (χ0) is 10.9. The van der Waals surface area contributed by atoms with E-state index in [0.717, 1.165) is 7.05 Å². The van der Waals surface area contributed by atoms with E-state index in [2.05, 4.69) is 5.29 Å². The zero-order valence-electron chi connectivity index (χ0n) is 6.37. The minimum absolute atomic E-state index is 0.489. The number of hydrazine groups is 1. The summed E-state index contributed by atoms with van der Waals surface area (Å²) in [6, 6.07) is 0. The van der Waals surface area contributed by atoms with Gasteiger partial charge in [0, 0.05) is 7.05 Å². The molecule has 0 aromatic heterocycles. The lowest BCUT2D eigenvalue weighted by atomic mass is 10.9. The lowest BCUT2D eigenvalue weighted by Gasteiger charge is -2.04. The molecule has 0 saturated heterocycles. The molecule has 0 aromatic carbocycles. The third-order valence-corrected chi connectivity index (χ3v) is 0.643. The van der Waals surface area contributed by atoms with Crippen molar-refractivity contribution in [1.82, 2.24) is 10.4 Å². The van der Waals surface area contributed by atoms with Crippen molar-refractivity contribution in [2.45, 2.75) is 0 Å². The van der Waals surface area contributed by atoms with Crippen molar-refractivity contribution in [3.63, 3.8) is 0 Å². The second-order valence-corrected chi connectivity index (χ2v) is 1.40. The van der Waals surface area contributed by atoms with Gasteiger partial charge in [-0.25, -0.2) is 10.1 Å². The van der Waals surface area contributed by atoms with E-state index >= 15 is 0 Å². The summed E-state index contributed by atoms with van der Waals surface area (Å²) in [7, 11) is 1.12. The van der Waals surface area contributed by atoms with Gasteiger partial charge in [-0.2, -0.15) is 5.01 Å². The number of nitrogens with zero attached hydrogens (tertiary/aromatic N) is 4. The van der Waals surface area contributed by atoms with Crippen molar-refractivity contribution >= 4 is 5.96 Å². The van der Waals surface area contributed by atoms with Crippen LogP contribution in [-0.2, 0) is 0 Å². The van der Waals surface area contributed by atoms with Crippen LogP contribution in [0, 0.1) is 25.3 Å². The highest BCUT2D eigenvalue weighted by molar-refractivity contribution is 5.74. The van der Waals surface area contributed by atoms with Crippen molar-refractivity contribution in [2.24, 2.45) is 10.6 Å². The normalized spacial score (nSPS) is 7.15. The molecule has 11 heteroatoms. The number of nitroso groups, excluding NO2 is 1. The van der Waals surface area contributed by atoms with Crippen LogP contribution in [0.4, 0.5) is 0 Å². The van der Waals surface area contributed by atoms with Crippen molar-refractivity contribution < 1.29 is 10.2 Å². The van der Waals surface area contributed by atoms with Crippen LogP contribution in [0.2, 0.25) is 0 Å². The highest BCUT2D eigenvalue weighted by atomic mass is 16.7. The summed E-state index contributed by atoms with van der Waals surface area (Å²) in [6.07, 6.45) is 0. The molecule has 11 nitrogen and oxygen atoms in total. The van der Waals surface area contributed by atoms with Crippen LogP contribution in [0.1, 0.15) is 0 Å². The topological polar surface area (TPSA) is 161 Å². The van der Waals surface area contributed by atoms with Gasteiger partial charge in [-0.3, -0.25) is 5.41 Å². The van der Waals surface area contributed by atoms with Gasteiger partial charge >= 0.3 is 0 Å². The zero-order valence-corrected chi connectivity index (χ0v) is 6.37. The Kier molecular flexibility index (Phi) is 7.94. The molecule has 0 bridgehead atoms. The number of nitrogens with one attached hydrogen (secondary N) is 2. The van der Waals surface area contributed by atoms with Crippen LogP contribution in [0.5, 0.6) is 0 Å². The molecule has 0 radical (unpaired) electrons. The van der Waals surface area contributed by atoms with Gasteiger partial charge in [0.05, 0.1) is 5.29 Å². The van der Waals surface area contributed by atoms with Crippen LogP contribution in [0.25, 0.3) is 0 Å². The predicted molar refractivity (Wildman–Crippen MR) is 39.0 cm³/mol. The standard InChI is InChI=1S/C2H5N5O3.HNO2/c1-6(5-8)2(3)4-7(9)10;2-1-3/h1H3,(H2,3,4);(H,2,3). The second-order valence-electron chi connectivity index (χ2n) is 1.40. The summed E-state index contributed by atoms with van der Waals surface area (Å²) in [5.74, 6) is -0.681. The molecule has 0 amide bonds. The van der Waals surface area contributed by atoms with Crippen LogP contribution < -0.4 is 5.43 Å². The summed E-state index contributed by atoms with van der Waals surface area (Å²) >= 11 is 0. The lowest BCUT2D eigenvalue weighted by Crippen LogP contribution is -2.38. The van der Waals surface area contributed by atoms with Gasteiger partial charge in [0.15, 0.2) is 10.4 Å². The molecule has 74 valence electrons. The molecule has 0 aromatic rings. The molecule has 0 heterocycles. The molecular formula is C2H6N6O5. The van der Waals surface area contributed by atoms with E-state index in [4.69, 9.17) is 15.5 Å². The molecule has 0 spiro atoms. The molecule has 0 unspecified atom stereocenters. The van der Waals surface area contributed by atoms with Crippen molar-refractivity contribution in [1.29, 1.82) is 5.41 Å². The fourth-order valence-corrected chi connectivity index (χ4v) is 0.200. The van der Waals surface area contributed by atoms with Gasteiger partial charge in [0.25, 0.3) is 5.96 Å². The molecule has 13 heavy (non-hydrogen) atoms. The monoisotopic (exact) mass is 194 g/mol. The Morgan fingerprint density at radius 1 is 1.69 bits per heavy atom. The van der Waals surface area contributed by atoms with E-state index in [1.807, 2.05) is 0 Å². The lowest BCUT2D eigenvalue weighted by molar-refractivity contribution is -0.526. The molecular weight excluding hydrogens is 188 g/mol. The average molecular weight is 194 g/mol. The number of guanidine groups is 1. The maximum atomic E-state index is 9.61. The van der Waals surface area contributed by atoms with Crippen LogP contribution in [0.15, 0.2) is 10.6 Å². The van der Waals surface area contributed by atoms with Crippen molar-refractivity contribution in [2.75, 3.05) is 7.05 Å². The van der Waals surface area contributed by atoms with E-state index in [9.17, 15) is 15.0 Å². The number of hydrogen-bond donors (Lipinski definition) is 3. The molecule has 0 fully saturated rings. The maximum Gasteiger partial charge on any atom is 0.276 e. The summed E-state index contributed by atoms with van der Waals surface area (Å²) < 4.78 is 0. The maximum absolute atomic E-state index is 9.61. The first-order chi connectivity index (χ1) is 5.99. The van der Waals surface area contributed by atoms with Crippen LogP contribution in [-0.4, -0.2) is 28.3 Å². The molecule has 0 aliphatic rings. The minimum Gasteiger partial charge on any atom is -0.379 e. The summed E-state index contributed by atoms with van der Waals surface area (Å²) in [6.45, 7) is 0. The van der Waals surface area contributed by atoms with Crippen LogP contribution in [0.3, 0.4) is 0 Å². The Balaban J connectivity index is 0. The summed E-state index contributed by atoms with van der Waals surface area (Å²) in [5.41, 5.74) is 1.43. The van der Waals surface area contributed by atoms with Crippen molar-refractivity contribution in [3.05, 3.63) is 19.9 Å². The fourth-order valence-electron chi connectivity index (χ4n) is 0.200. The third kappa shape index (κ3) is 9.67. The second kappa shape index (κ2) is 7.77. The first-order valence-electron chi connectivity index (χ1n) is 2.52. The van der Waals surface area contributed by atoms with Crippen molar-refractivity contribution in [3.8, 4) is 0 Å². The van der Waals surface area contributed by atoms with Gasteiger partial charge in [-0.1, -0.05) is 5.43 Å². The fraction of sp³-hybridized carbons (Fsp3) is 0.500. The Morgan fingerprint density at radius 3 is 2.31 bits per heavy atom. The van der Waals surface area contributed by atoms with E-state index in [0.29, 0.717) is 5.01 Å². The average Bonchev–Trinajstić information content (AvgIpc) is 2.03. The predicted octanol–water partition coefficient (Wildman–Crippen LogP) is -0.542. The molecule has 0 saturated carbocycles. The van der Waals surface area contributed by atoms with E-state index in [-0.39, 0.29) is 0 Å². The van der Waals surface area contributed by atoms with Crippen LogP contribution >= 0.6 is 0 Å². The Labute approximate surface area is 70.8 Å². The molecule has 3 N–H and O–H groups in total. The molecule has 0 aliphatic heterocycles. The van der Waals surface area contributed by atoms with Gasteiger partial charge in [-0.15, -0.1) is 9.81 Å². The first-order valence-corrected chi connectivity index (χ1v) is 2.52. The Morgan fingerprint density at radius 2 is 2.08 bits per heavy atom. The Bertz CT molecular complexity index is 203. The number of nitro groups is 1. The Hall–Kier alpha value is -2.33. The third-order valence-electron chi connectivity index (χ3n) is 0.643.